The summed E-state index contributed by atoms with van der Waals surface area (Å²) in [6.45, 7) is 2.67. The standard InChI is InChI=1S/C23H18B2ClF4N5O3/c1-21(2,36)10-22(24,25)35-19(23(28,29)30)12(9-33-35)18-16(20-31-5-4-6-32-20)17(34-38-18)15-13(26)7-11(37-3)8-14(15)27/h4-9,36H,10H2,1-3H3. The van der Waals surface area contributed by atoms with E-state index in [1.54, 1.807) is 0 Å². The van der Waals surface area contributed by atoms with Crippen LogP contribution in [0.5, 0.6) is 5.75 Å². The molecule has 0 fully saturated rings. The Bertz CT molecular complexity index is 1450. The number of aromatic nitrogens is 5. The molecule has 4 aromatic rings. The minimum absolute atomic E-state index is 0.104. The Morgan fingerprint density at radius 1 is 1.13 bits per heavy atom. The predicted octanol–water partition coefficient (Wildman–Crippen LogP) is 4.59. The van der Waals surface area contributed by atoms with Crippen LogP contribution in [0.25, 0.3) is 34.0 Å². The first kappa shape index (κ1) is 27.6. The highest BCUT2D eigenvalue weighted by atomic mass is 35.5. The van der Waals surface area contributed by atoms with Crippen LogP contribution in [0.15, 0.2) is 41.3 Å². The van der Waals surface area contributed by atoms with Crippen molar-refractivity contribution in [2.45, 2.75) is 37.4 Å². The molecule has 15 heteroatoms. The van der Waals surface area contributed by atoms with Crippen LogP contribution in [0.3, 0.4) is 0 Å². The van der Waals surface area contributed by atoms with E-state index in [0.29, 0.717) is 4.68 Å². The van der Waals surface area contributed by atoms with Crippen molar-refractivity contribution in [1.29, 1.82) is 0 Å². The zero-order valence-corrected chi connectivity index (χ0v) is 21.0. The lowest BCUT2D eigenvalue weighted by molar-refractivity contribution is -0.144. The lowest BCUT2D eigenvalue weighted by atomic mass is 9.57. The lowest BCUT2D eigenvalue weighted by Crippen LogP contribution is -2.44. The summed E-state index contributed by atoms with van der Waals surface area (Å²) in [4.78, 5) is 8.18. The van der Waals surface area contributed by atoms with E-state index in [-0.39, 0.29) is 33.4 Å². The Morgan fingerprint density at radius 3 is 2.34 bits per heavy atom. The van der Waals surface area contributed by atoms with Gasteiger partial charge in [-0.2, -0.15) is 18.3 Å². The van der Waals surface area contributed by atoms with Crippen molar-refractivity contribution in [3.8, 4) is 39.7 Å². The van der Waals surface area contributed by atoms with Gasteiger partial charge in [-0.25, -0.2) is 14.4 Å². The second-order valence-electron chi connectivity index (χ2n) is 9.07. The van der Waals surface area contributed by atoms with E-state index in [1.165, 1.54) is 45.5 Å². The molecule has 0 bridgehead atoms. The summed E-state index contributed by atoms with van der Waals surface area (Å²) in [6, 6.07) is 3.81. The normalized spacial score (nSPS) is 12.7. The molecule has 1 N–H and O–H groups in total. The van der Waals surface area contributed by atoms with Gasteiger partial charge in [0.15, 0.2) is 17.3 Å². The summed E-state index contributed by atoms with van der Waals surface area (Å²) >= 11 is 6.30. The van der Waals surface area contributed by atoms with Gasteiger partial charge in [0.2, 0.25) is 0 Å². The Hall–Kier alpha value is -3.38. The Balaban J connectivity index is 2.02. The SMILES string of the molecule is [B]C([B])(CC(C)(C)O)n1ncc(-c2onc(-c3c(F)cc(OC)cc3Cl)c2-c2ncccn2)c1C(F)(F)F. The van der Waals surface area contributed by atoms with Crippen molar-refractivity contribution in [1.82, 2.24) is 24.9 Å². The number of hydrogen-bond donors (Lipinski definition) is 1. The predicted molar refractivity (Wildman–Crippen MR) is 131 cm³/mol. The Labute approximate surface area is 221 Å². The van der Waals surface area contributed by atoms with Gasteiger partial charge >= 0.3 is 6.18 Å². The molecule has 0 unspecified atom stereocenters. The summed E-state index contributed by atoms with van der Waals surface area (Å²) in [5.74, 6) is -1.40. The molecule has 8 nitrogen and oxygen atoms in total. The zero-order valence-electron chi connectivity index (χ0n) is 20.2. The molecule has 0 saturated carbocycles. The third kappa shape index (κ3) is 5.28. The van der Waals surface area contributed by atoms with Crippen LogP contribution in [0.1, 0.15) is 26.0 Å². The van der Waals surface area contributed by atoms with Crippen LogP contribution in [-0.4, -0.2) is 58.4 Å². The van der Waals surface area contributed by atoms with E-state index in [1.807, 2.05) is 0 Å². The van der Waals surface area contributed by atoms with Crippen molar-refractivity contribution < 1.29 is 31.9 Å². The van der Waals surface area contributed by atoms with Crippen LogP contribution >= 0.6 is 11.6 Å². The maximum atomic E-state index is 15.1. The molecule has 0 atom stereocenters. The van der Waals surface area contributed by atoms with Gasteiger partial charge in [-0.1, -0.05) is 16.8 Å². The molecular formula is C23H18B2ClF4N5O3. The molecule has 0 spiro atoms. The lowest BCUT2D eigenvalue weighted by Gasteiger charge is -2.34. The number of aliphatic hydroxyl groups is 1. The van der Waals surface area contributed by atoms with Crippen molar-refractivity contribution in [3.05, 3.63) is 53.3 Å². The fraction of sp³-hybridized carbons (Fsp3) is 0.304. The van der Waals surface area contributed by atoms with Gasteiger partial charge < -0.3 is 14.4 Å². The monoisotopic (exact) mass is 545 g/mol. The summed E-state index contributed by atoms with van der Waals surface area (Å²) in [5.41, 5.74) is -4.29. The van der Waals surface area contributed by atoms with Gasteiger partial charge in [0.05, 0.1) is 56.3 Å². The van der Waals surface area contributed by atoms with Gasteiger partial charge in [-0.05, 0) is 37.7 Å². The van der Waals surface area contributed by atoms with Gasteiger partial charge in [0, 0.05) is 18.5 Å². The summed E-state index contributed by atoms with van der Waals surface area (Å²) in [7, 11) is 13.3. The largest absolute Gasteiger partial charge is 0.497 e. The van der Waals surface area contributed by atoms with Gasteiger partial charge in [0.25, 0.3) is 0 Å². The molecule has 3 aromatic heterocycles. The molecule has 0 amide bonds. The second kappa shape index (κ2) is 9.73. The second-order valence-corrected chi connectivity index (χ2v) is 9.48. The molecule has 38 heavy (non-hydrogen) atoms. The smallest absolute Gasteiger partial charge is 0.433 e. The van der Waals surface area contributed by atoms with E-state index in [2.05, 4.69) is 20.2 Å². The minimum atomic E-state index is -5.06. The number of halogens is 5. The van der Waals surface area contributed by atoms with Gasteiger partial charge in [-0.3, -0.25) is 4.68 Å². The average molecular weight is 545 g/mol. The van der Waals surface area contributed by atoms with Crippen molar-refractivity contribution in [2.24, 2.45) is 0 Å². The first-order chi connectivity index (χ1) is 17.6. The molecule has 0 saturated heterocycles. The summed E-state index contributed by atoms with van der Waals surface area (Å²) in [6.07, 6.45) is -2.06. The Morgan fingerprint density at radius 2 is 1.79 bits per heavy atom. The van der Waals surface area contributed by atoms with Crippen LogP contribution in [0, 0.1) is 5.82 Å². The Kier molecular flexibility index (Phi) is 7.08. The first-order valence-corrected chi connectivity index (χ1v) is 11.3. The molecule has 194 valence electrons. The highest BCUT2D eigenvalue weighted by Gasteiger charge is 2.44. The summed E-state index contributed by atoms with van der Waals surface area (Å²) in [5, 5.41) is 15.4. The van der Waals surface area contributed by atoms with Crippen LogP contribution < -0.4 is 4.74 Å². The van der Waals surface area contributed by atoms with Gasteiger partial charge in [-0.15, -0.1) is 0 Å². The average Bonchev–Trinajstić information content (AvgIpc) is 3.42. The third-order valence-electron chi connectivity index (χ3n) is 5.36. The van der Waals surface area contributed by atoms with E-state index in [9.17, 15) is 18.3 Å². The van der Waals surface area contributed by atoms with E-state index >= 15 is 4.39 Å². The molecule has 4 rings (SSSR count). The third-order valence-corrected chi connectivity index (χ3v) is 5.66. The molecule has 1 aromatic carbocycles. The maximum absolute atomic E-state index is 15.1. The fourth-order valence-corrected chi connectivity index (χ4v) is 4.33. The maximum Gasteiger partial charge on any atom is 0.433 e. The number of hydrogen-bond acceptors (Lipinski definition) is 7. The number of methoxy groups -OCH3 is 1. The van der Waals surface area contributed by atoms with Gasteiger partial charge in [0.1, 0.15) is 17.3 Å². The van der Waals surface area contributed by atoms with Crippen molar-refractivity contribution in [3.63, 3.8) is 0 Å². The molecule has 0 aliphatic rings. The van der Waals surface area contributed by atoms with E-state index in [4.69, 9.17) is 36.6 Å². The number of rotatable bonds is 7. The quantitative estimate of drug-likeness (QED) is 0.268. The highest BCUT2D eigenvalue weighted by Crippen LogP contribution is 2.46. The molecular weight excluding hydrogens is 527 g/mol. The molecule has 3 heterocycles. The highest BCUT2D eigenvalue weighted by molar-refractivity contribution is 6.37. The number of nitrogens with zero attached hydrogens (tertiary/aromatic N) is 5. The van der Waals surface area contributed by atoms with Crippen LogP contribution in [0.4, 0.5) is 17.6 Å². The molecule has 0 aliphatic carbocycles. The number of alkyl halides is 3. The zero-order chi connectivity index (χ0) is 28.0. The molecule has 0 aliphatic heterocycles. The van der Waals surface area contributed by atoms with E-state index in [0.717, 1.165) is 12.3 Å². The minimum Gasteiger partial charge on any atom is -0.497 e. The first-order valence-electron chi connectivity index (χ1n) is 10.9. The molecule has 4 radical (unpaired) electrons. The van der Waals surface area contributed by atoms with Crippen molar-refractivity contribution >= 4 is 27.3 Å². The van der Waals surface area contributed by atoms with Crippen molar-refractivity contribution in [2.75, 3.05) is 7.11 Å². The van der Waals surface area contributed by atoms with Crippen LogP contribution in [-0.2, 0) is 11.5 Å². The number of ether oxygens (including phenoxy) is 1. The van der Waals surface area contributed by atoms with E-state index < -0.39 is 46.4 Å². The number of benzene rings is 1. The topological polar surface area (TPSA) is 99.1 Å². The van der Waals surface area contributed by atoms with Crippen LogP contribution in [0.2, 0.25) is 5.02 Å². The summed E-state index contributed by atoms with van der Waals surface area (Å²) < 4.78 is 69.2. The fourth-order valence-electron chi connectivity index (χ4n) is 4.05.